The number of benzene rings is 2. The molecule has 2 heterocycles. The molecule has 188 valence electrons. The molecule has 0 bridgehead atoms. The quantitative estimate of drug-likeness (QED) is 0.307. The van der Waals surface area contributed by atoms with Crippen LogP contribution in [0.5, 0.6) is 0 Å². The molecule has 0 unspecified atom stereocenters. The van der Waals surface area contributed by atoms with Gasteiger partial charge in [0, 0.05) is 12.7 Å². The summed E-state index contributed by atoms with van der Waals surface area (Å²) in [5.41, 5.74) is 2.22. The first kappa shape index (κ1) is 25.4. The number of rotatable bonds is 11. The van der Waals surface area contributed by atoms with Gasteiger partial charge in [0.05, 0.1) is 18.5 Å². The molecule has 2 aromatic carbocycles. The number of aryl methyl sites for hydroxylation is 2. The molecular formula is C28H28N6O3. The summed E-state index contributed by atoms with van der Waals surface area (Å²) in [5, 5.41) is 13.7. The van der Waals surface area contributed by atoms with Crippen LogP contribution < -0.4 is 16.3 Å². The first-order valence-corrected chi connectivity index (χ1v) is 12.1. The van der Waals surface area contributed by atoms with Crippen LogP contribution in [0.1, 0.15) is 29.7 Å². The number of aromatic nitrogens is 4. The average molecular weight is 497 g/mol. The molecule has 0 aliphatic rings. The van der Waals surface area contributed by atoms with Crippen LogP contribution in [0, 0.1) is 0 Å². The number of unbranched alkanes of at least 4 members (excludes halogenated alkanes) is 1. The standard InChI is InChI=1S/C28H28N6O3/c35-26(19-21-9-3-1-4-10-21)29-24-16-18-34(28(37)31-24)17-8-7-13-23-14-15-25(33-32-23)30-27(36)20-22-11-5-2-6-12-22/h1-6,9-12,14-16,18H,7-8,13,17,19-20H2,(H,30,33,36)(H,29,31,35,37). The number of amides is 2. The van der Waals surface area contributed by atoms with Crippen LogP contribution in [0.25, 0.3) is 0 Å². The summed E-state index contributed by atoms with van der Waals surface area (Å²) in [6, 6.07) is 24.1. The lowest BCUT2D eigenvalue weighted by molar-refractivity contribution is -0.116. The molecule has 0 saturated carbocycles. The Morgan fingerprint density at radius 1 is 0.703 bits per heavy atom. The molecular weight excluding hydrogens is 468 g/mol. The van der Waals surface area contributed by atoms with Gasteiger partial charge < -0.3 is 10.6 Å². The van der Waals surface area contributed by atoms with E-state index in [4.69, 9.17) is 0 Å². The molecule has 9 heteroatoms. The van der Waals surface area contributed by atoms with Crippen LogP contribution in [0.15, 0.2) is 89.9 Å². The largest absolute Gasteiger partial charge is 0.349 e. The van der Waals surface area contributed by atoms with E-state index in [0.717, 1.165) is 29.7 Å². The molecule has 0 aliphatic heterocycles. The molecule has 0 saturated heterocycles. The van der Waals surface area contributed by atoms with E-state index in [1.54, 1.807) is 18.3 Å². The fraction of sp³-hybridized carbons (Fsp3) is 0.214. The second kappa shape index (κ2) is 12.9. The molecule has 0 aliphatic carbocycles. The van der Waals surface area contributed by atoms with Gasteiger partial charge in [-0.2, -0.15) is 10.1 Å². The van der Waals surface area contributed by atoms with Crippen molar-refractivity contribution in [3.63, 3.8) is 0 Å². The van der Waals surface area contributed by atoms with Gasteiger partial charge >= 0.3 is 5.69 Å². The second-order valence-electron chi connectivity index (χ2n) is 8.58. The highest BCUT2D eigenvalue weighted by Gasteiger charge is 2.08. The minimum Gasteiger partial charge on any atom is -0.310 e. The van der Waals surface area contributed by atoms with Crippen molar-refractivity contribution >= 4 is 23.5 Å². The highest BCUT2D eigenvalue weighted by Crippen LogP contribution is 2.08. The fourth-order valence-corrected chi connectivity index (χ4v) is 3.75. The zero-order valence-corrected chi connectivity index (χ0v) is 20.3. The lowest BCUT2D eigenvalue weighted by atomic mass is 10.1. The average Bonchev–Trinajstić information content (AvgIpc) is 2.89. The third-order valence-corrected chi connectivity index (χ3v) is 5.63. The van der Waals surface area contributed by atoms with Gasteiger partial charge in [-0.15, -0.1) is 5.10 Å². The fourth-order valence-electron chi connectivity index (χ4n) is 3.75. The Balaban J connectivity index is 1.18. The van der Waals surface area contributed by atoms with Crippen LogP contribution in [-0.2, 0) is 35.4 Å². The Hall–Kier alpha value is -4.66. The second-order valence-corrected chi connectivity index (χ2v) is 8.58. The Morgan fingerprint density at radius 3 is 1.89 bits per heavy atom. The number of carbonyl (C=O) groups is 2. The number of hydrogen-bond acceptors (Lipinski definition) is 6. The number of nitrogens with zero attached hydrogens (tertiary/aromatic N) is 4. The van der Waals surface area contributed by atoms with E-state index >= 15 is 0 Å². The molecule has 0 fully saturated rings. The van der Waals surface area contributed by atoms with E-state index in [2.05, 4.69) is 25.8 Å². The maximum atomic E-state index is 12.3. The lowest BCUT2D eigenvalue weighted by Gasteiger charge is -2.08. The van der Waals surface area contributed by atoms with E-state index < -0.39 is 5.69 Å². The molecule has 9 nitrogen and oxygen atoms in total. The van der Waals surface area contributed by atoms with Gasteiger partial charge in [-0.25, -0.2) is 4.79 Å². The smallest absolute Gasteiger partial charge is 0.310 e. The Kier molecular flexibility index (Phi) is 8.85. The Labute approximate surface area is 214 Å². The first-order valence-electron chi connectivity index (χ1n) is 12.1. The summed E-state index contributed by atoms with van der Waals surface area (Å²) >= 11 is 0. The molecule has 2 N–H and O–H groups in total. The van der Waals surface area contributed by atoms with Crippen molar-refractivity contribution in [1.29, 1.82) is 0 Å². The summed E-state index contributed by atoms with van der Waals surface area (Å²) in [4.78, 5) is 40.6. The van der Waals surface area contributed by atoms with Crippen molar-refractivity contribution in [3.05, 3.63) is 112 Å². The normalized spacial score (nSPS) is 10.6. The van der Waals surface area contributed by atoms with Crippen molar-refractivity contribution in [2.75, 3.05) is 10.6 Å². The van der Waals surface area contributed by atoms with Crippen LogP contribution in [0.2, 0.25) is 0 Å². The van der Waals surface area contributed by atoms with Gasteiger partial charge in [-0.05, 0) is 48.6 Å². The first-order chi connectivity index (χ1) is 18.0. The topological polar surface area (TPSA) is 119 Å². The van der Waals surface area contributed by atoms with Gasteiger partial charge in [0.2, 0.25) is 11.8 Å². The number of nitrogens with one attached hydrogen (secondary N) is 2. The molecule has 4 rings (SSSR count). The number of anilines is 2. The van der Waals surface area contributed by atoms with Gasteiger partial charge in [-0.3, -0.25) is 14.2 Å². The van der Waals surface area contributed by atoms with Crippen molar-refractivity contribution in [2.24, 2.45) is 0 Å². The van der Waals surface area contributed by atoms with Crippen molar-refractivity contribution < 1.29 is 9.59 Å². The zero-order chi connectivity index (χ0) is 25.9. The monoisotopic (exact) mass is 496 g/mol. The Morgan fingerprint density at radius 2 is 1.32 bits per heavy atom. The maximum Gasteiger partial charge on any atom is 0.349 e. The highest BCUT2D eigenvalue weighted by atomic mass is 16.2. The molecule has 2 amide bonds. The molecule has 37 heavy (non-hydrogen) atoms. The van der Waals surface area contributed by atoms with Crippen molar-refractivity contribution in [1.82, 2.24) is 19.7 Å². The SMILES string of the molecule is O=C(Cc1ccccc1)Nc1ccc(CCCCn2ccc(NC(=O)Cc3ccccc3)nc2=O)nn1. The molecule has 4 aromatic rings. The van der Waals surface area contributed by atoms with Crippen molar-refractivity contribution in [2.45, 2.75) is 38.6 Å². The summed E-state index contributed by atoms with van der Waals surface area (Å²) in [5.74, 6) is 0.291. The molecule has 0 radical (unpaired) electrons. The maximum absolute atomic E-state index is 12.3. The van der Waals surface area contributed by atoms with Gasteiger partial charge in [-0.1, -0.05) is 60.7 Å². The summed E-state index contributed by atoms with van der Waals surface area (Å²) in [6.45, 7) is 0.505. The Bertz CT molecular complexity index is 1370. The third-order valence-electron chi connectivity index (χ3n) is 5.63. The predicted molar refractivity (Wildman–Crippen MR) is 141 cm³/mol. The van der Waals surface area contributed by atoms with Crippen LogP contribution in [0.3, 0.4) is 0 Å². The third kappa shape index (κ3) is 8.21. The van der Waals surface area contributed by atoms with E-state index in [9.17, 15) is 14.4 Å². The highest BCUT2D eigenvalue weighted by molar-refractivity contribution is 5.91. The van der Waals surface area contributed by atoms with Gasteiger partial charge in [0.15, 0.2) is 5.82 Å². The van der Waals surface area contributed by atoms with Crippen LogP contribution in [0.4, 0.5) is 11.6 Å². The van der Waals surface area contributed by atoms with Crippen LogP contribution in [-0.4, -0.2) is 31.6 Å². The molecule has 0 spiro atoms. The van der Waals surface area contributed by atoms with E-state index in [1.165, 1.54) is 4.57 Å². The van der Waals surface area contributed by atoms with Crippen LogP contribution >= 0.6 is 0 Å². The molecule has 0 atom stereocenters. The van der Waals surface area contributed by atoms with E-state index in [0.29, 0.717) is 18.8 Å². The van der Waals surface area contributed by atoms with E-state index in [-0.39, 0.29) is 30.5 Å². The van der Waals surface area contributed by atoms with Gasteiger partial charge in [0.25, 0.3) is 0 Å². The molecule has 2 aromatic heterocycles. The zero-order valence-electron chi connectivity index (χ0n) is 20.3. The lowest BCUT2D eigenvalue weighted by Crippen LogP contribution is -2.25. The predicted octanol–water partition coefficient (Wildman–Crippen LogP) is 3.42. The summed E-state index contributed by atoms with van der Waals surface area (Å²) < 4.78 is 1.52. The number of hydrogen-bond donors (Lipinski definition) is 2. The van der Waals surface area contributed by atoms with Crippen molar-refractivity contribution in [3.8, 4) is 0 Å². The van der Waals surface area contributed by atoms with Gasteiger partial charge in [0.1, 0.15) is 5.82 Å². The summed E-state index contributed by atoms with van der Waals surface area (Å²) in [7, 11) is 0. The minimum atomic E-state index is -0.409. The van der Waals surface area contributed by atoms with E-state index in [1.807, 2.05) is 66.7 Å². The number of carbonyl (C=O) groups excluding carboxylic acids is 2. The summed E-state index contributed by atoms with van der Waals surface area (Å²) in [6.07, 6.45) is 4.38. The minimum absolute atomic E-state index is 0.144.